The van der Waals surface area contributed by atoms with Crippen LogP contribution in [-0.4, -0.2) is 30.8 Å². The van der Waals surface area contributed by atoms with Gasteiger partial charge in [-0.1, -0.05) is 23.4 Å². The fourth-order valence-corrected chi connectivity index (χ4v) is 1.78. The second-order valence-corrected chi connectivity index (χ2v) is 5.03. The quantitative estimate of drug-likeness (QED) is 0.794. The first-order valence-electron chi connectivity index (χ1n) is 6.78. The number of carbonyl (C=O) groups excluding carboxylic acids is 1. The van der Waals surface area contributed by atoms with E-state index in [0.29, 0.717) is 35.5 Å². The van der Waals surface area contributed by atoms with Crippen molar-refractivity contribution in [3.63, 3.8) is 0 Å². The molecule has 0 spiro atoms. The van der Waals surface area contributed by atoms with Gasteiger partial charge in [0.05, 0.1) is 18.4 Å². The maximum absolute atomic E-state index is 11.9. The van der Waals surface area contributed by atoms with Crippen molar-refractivity contribution in [2.75, 3.05) is 19.0 Å². The van der Waals surface area contributed by atoms with Crippen molar-refractivity contribution in [3.8, 4) is 11.8 Å². The molecule has 0 aromatic heterocycles. The predicted octanol–water partition coefficient (Wildman–Crippen LogP) is 2.83. The number of hydrogen-bond acceptors (Lipinski definition) is 3. The van der Waals surface area contributed by atoms with Gasteiger partial charge in [0.1, 0.15) is 0 Å². The third-order valence-corrected chi connectivity index (χ3v) is 3.13. The smallest absolute Gasteiger partial charge is 0.224 e. The molecule has 1 aromatic rings. The number of rotatable bonds is 6. The first kappa shape index (κ1) is 17.5. The maximum atomic E-state index is 11.9. The Morgan fingerprint density at radius 2 is 2.29 bits per heavy atom. The van der Waals surface area contributed by atoms with E-state index in [1.807, 2.05) is 6.92 Å². The molecule has 0 radical (unpaired) electrons. The monoisotopic (exact) mass is 309 g/mol. The van der Waals surface area contributed by atoms with E-state index in [0.717, 1.165) is 0 Å². The van der Waals surface area contributed by atoms with E-state index in [2.05, 4.69) is 17.2 Å². The van der Waals surface area contributed by atoms with Crippen LogP contribution in [0.2, 0.25) is 5.02 Å². The van der Waals surface area contributed by atoms with Crippen LogP contribution in [0.1, 0.15) is 31.7 Å². The number of benzene rings is 1. The van der Waals surface area contributed by atoms with Crippen molar-refractivity contribution in [2.45, 2.75) is 32.3 Å². The van der Waals surface area contributed by atoms with Crippen LogP contribution in [-0.2, 0) is 9.53 Å². The van der Waals surface area contributed by atoms with Gasteiger partial charge in [0.2, 0.25) is 5.91 Å². The molecule has 5 heteroatoms. The number of methoxy groups -OCH3 is 1. The van der Waals surface area contributed by atoms with Gasteiger partial charge in [-0.2, -0.15) is 0 Å². The summed E-state index contributed by atoms with van der Waals surface area (Å²) >= 11 is 5.95. The topological polar surface area (TPSA) is 58.6 Å². The fraction of sp³-hybridized carbons (Fsp3) is 0.438. The molecular formula is C16H20ClNO3. The third kappa shape index (κ3) is 6.63. The van der Waals surface area contributed by atoms with Crippen LogP contribution in [0.5, 0.6) is 0 Å². The lowest BCUT2D eigenvalue weighted by atomic mass is 10.1. The summed E-state index contributed by atoms with van der Waals surface area (Å²) < 4.78 is 5.11. The molecule has 1 rings (SSSR count). The Morgan fingerprint density at radius 1 is 1.52 bits per heavy atom. The van der Waals surface area contributed by atoms with Crippen molar-refractivity contribution in [2.24, 2.45) is 0 Å². The van der Waals surface area contributed by atoms with E-state index < -0.39 is 0 Å². The van der Waals surface area contributed by atoms with Crippen LogP contribution in [0.4, 0.5) is 5.69 Å². The zero-order valence-corrected chi connectivity index (χ0v) is 13.0. The minimum Gasteiger partial charge on any atom is -0.395 e. The number of carbonyl (C=O) groups is 1. The van der Waals surface area contributed by atoms with Crippen molar-refractivity contribution in [1.82, 2.24) is 0 Å². The van der Waals surface area contributed by atoms with Gasteiger partial charge in [-0.3, -0.25) is 4.79 Å². The van der Waals surface area contributed by atoms with Gasteiger partial charge in [0.25, 0.3) is 0 Å². The molecule has 0 aliphatic rings. The van der Waals surface area contributed by atoms with Gasteiger partial charge < -0.3 is 15.2 Å². The Hall–Kier alpha value is -1.54. The molecule has 1 unspecified atom stereocenters. The molecule has 21 heavy (non-hydrogen) atoms. The van der Waals surface area contributed by atoms with Crippen LogP contribution in [0, 0.1) is 11.8 Å². The second-order valence-electron chi connectivity index (χ2n) is 4.60. The summed E-state index contributed by atoms with van der Waals surface area (Å²) in [6.45, 7) is 1.93. The fourth-order valence-electron chi connectivity index (χ4n) is 1.61. The van der Waals surface area contributed by atoms with Crippen LogP contribution < -0.4 is 5.32 Å². The summed E-state index contributed by atoms with van der Waals surface area (Å²) in [5, 5.41) is 12.1. The number of ether oxygens (including phenoxy) is 1. The SMILES string of the molecule is COC(C)CCC(=O)Nc1cc(Cl)ccc1C#CCCO. The largest absolute Gasteiger partial charge is 0.395 e. The standard InChI is InChI=1S/C16H20ClNO3/c1-12(21-2)6-9-16(20)18-15-11-14(17)8-7-13(15)5-3-4-10-19/h7-8,11-12,19H,4,6,9-10H2,1-2H3,(H,18,20). The van der Waals surface area contributed by atoms with Crippen molar-refractivity contribution < 1.29 is 14.6 Å². The maximum Gasteiger partial charge on any atom is 0.224 e. The second kappa shape index (κ2) is 9.41. The molecule has 1 amide bonds. The first-order valence-corrected chi connectivity index (χ1v) is 7.16. The average molecular weight is 310 g/mol. The third-order valence-electron chi connectivity index (χ3n) is 2.90. The lowest BCUT2D eigenvalue weighted by Gasteiger charge is -2.11. The van der Waals surface area contributed by atoms with Crippen molar-refractivity contribution >= 4 is 23.2 Å². The average Bonchev–Trinajstić information content (AvgIpc) is 2.47. The van der Waals surface area contributed by atoms with Gasteiger partial charge >= 0.3 is 0 Å². The summed E-state index contributed by atoms with van der Waals surface area (Å²) in [5.74, 6) is 5.64. The van der Waals surface area contributed by atoms with Crippen LogP contribution in [0.25, 0.3) is 0 Å². The molecule has 2 N–H and O–H groups in total. The molecule has 0 fully saturated rings. The number of hydrogen-bond donors (Lipinski definition) is 2. The molecule has 1 aromatic carbocycles. The number of nitrogens with one attached hydrogen (secondary N) is 1. The van der Waals surface area contributed by atoms with Gasteiger partial charge in [-0.15, -0.1) is 0 Å². The molecule has 114 valence electrons. The first-order chi connectivity index (χ1) is 10.1. The van der Waals surface area contributed by atoms with E-state index in [-0.39, 0.29) is 18.6 Å². The Kier molecular flexibility index (Phi) is 7.84. The highest BCUT2D eigenvalue weighted by Gasteiger charge is 2.09. The molecule has 1 atom stereocenters. The normalized spacial score (nSPS) is 11.4. The van der Waals surface area contributed by atoms with Crippen molar-refractivity contribution in [1.29, 1.82) is 0 Å². The molecule has 4 nitrogen and oxygen atoms in total. The minimum atomic E-state index is -0.105. The highest BCUT2D eigenvalue weighted by atomic mass is 35.5. The molecule has 0 bridgehead atoms. The Balaban J connectivity index is 2.75. The summed E-state index contributed by atoms with van der Waals surface area (Å²) in [4.78, 5) is 11.9. The minimum absolute atomic E-state index is 0.0111. The summed E-state index contributed by atoms with van der Waals surface area (Å²) in [5.41, 5.74) is 1.27. The van der Waals surface area contributed by atoms with Crippen molar-refractivity contribution in [3.05, 3.63) is 28.8 Å². The van der Waals surface area contributed by atoms with Crippen LogP contribution in [0.15, 0.2) is 18.2 Å². The zero-order chi connectivity index (χ0) is 15.7. The van der Waals surface area contributed by atoms with E-state index in [1.165, 1.54) is 0 Å². The lowest BCUT2D eigenvalue weighted by Crippen LogP contribution is -2.15. The van der Waals surface area contributed by atoms with Gasteiger partial charge in [-0.25, -0.2) is 0 Å². The Bertz CT molecular complexity index is 534. The van der Waals surface area contributed by atoms with Crippen LogP contribution in [0.3, 0.4) is 0 Å². The number of aliphatic hydroxyl groups is 1. The predicted molar refractivity (Wildman–Crippen MR) is 84.4 cm³/mol. The van der Waals surface area contributed by atoms with Gasteiger partial charge in [-0.05, 0) is 31.5 Å². The van der Waals surface area contributed by atoms with E-state index in [1.54, 1.807) is 25.3 Å². The summed E-state index contributed by atoms with van der Waals surface area (Å²) in [6.07, 6.45) is 1.44. The zero-order valence-electron chi connectivity index (χ0n) is 12.3. The van der Waals surface area contributed by atoms with Crippen LogP contribution >= 0.6 is 11.6 Å². The van der Waals surface area contributed by atoms with E-state index in [9.17, 15) is 4.79 Å². The molecular weight excluding hydrogens is 290 g/mol. The van der Waals surface area contributed by atoms with Gasteiger partial charge in [0, 0.05) is 30.5 Å². The molecule has 0 saturated carbocycles. The highest BCUT2D eigenvalue weighted by molar-refractivity contribution is 6.31. The number of anilines is 1. The lowest BCUT2D eigenvalue weighted by molar-refractivity contribution is -0.116. The molecule has 0 aliphatic heterocycles. The van der Waals surface area contributed by atoms with E-state index in [4.69, 9.17) is 21.4 Å². The number of amides is 1. The number of aliphatic hydroxyl groups excluding tert-OH is 1. The molecule has 0 aliphatic carbocycles. The van der Waals surface area contributed by atoms with E-state index >= 15 is 0 Å². The van der Waals surface area contributed by atoms with Gasteiger partial charge in [0.15, 0.2) is 0 Å². The summed E-state index contributed by atoms with van der Waals surface area (Å²) in [7, 11) is 1.62. The highest BCUT2D eigenvalue weighted by Crippen LogP contribution is 2.21. The summed E-state index contributed by atoms with van der Waals surface area (Å²) in [6, 6.07) is 5.13. The number of halogens is 1. The Morgan fingerprint density at radius 3 is 2.95 bits per heavy atom. The Labute approximate surface area is 130 Å². The molecule has 0 heterocycles. The molecule has 0 saturated heterocycles.